The van der Waals surface area contributed by atoms with Crippen LogP contribution in [0.5, 0.6) is 0 Å². The van der Waals surface area contributed by atoms with Crippen molar-refractivity contribution in [2.45, 2.75) is 19.2 Å². The standard InChI is InChI=1S/C11H11ClN2OS/c1-6-3-4-8-9(5-6)16-11(13-8)14-10(15)7(2)12/h3-5,7H,1-2H3,(H,13,14,15)/t7-/m0/s1. The highest BCUT2D eigenvalue weighted by Crippen LogP contribution is 2.26. The van der Waals surface area contributed by atoms with Crippen molar-refractivity contribution in [3.8, 4) is 0 Å². The Kier molecular flexibility index (Phi) is 3.12. The molecular weight excluding hydrogens is 244 g/mol. The molecule has 3 nitrogen and oxygen atoms in total. The quantitative estimate of drug-likeness (QED) is 0.837. The van der Waals surface area contributed by atoms with Crippen molar-refractivity contribution in [2.75, 3.05) is 5.32 Å². The van der Waals surface area contributed by atoms with Gasteiger partial charge in [-0.25, -0.2) is 4.98 Å². The molecule has 84 valence electrons. The zero-order valence-electron chi connectivity index (χ0n) is 8.95. The van der Waals surface area contributed by atoms with Gasteiger partial charge in [-0.2, -0.15) is 0 Å². The summed E-state index contributed by atoms with van der Waals surface area (Å²) in [5.74, 6) is -0.225. The summed E-state index contributed by atoms with van der Waals surface area (Å²) in [7, 11) is 0. The zero-order valence-corrected chi connectivity index (χ0v) is 10.5. The molecule has 0 bridgehead atoms. The molecule has 1 amide bonds. The van der Waals surface area contributed by atoms with Crippen LogP contribution in [0.2, 0.25) is 0 Å². The van der Waals surface area contributed by atoms with E-state index in [2.05, 4.69) is 10.3 Å². The summed E-state index contributed by atoms with van der Waals surface area (Å²) >= 11 is 7.12. The van der Waals surface area contributed by atoms with Gasteiger partial charge in [0.25, 0.3) is 0 Å². The van der Waals surface area contributed by atoms with Crippen LogP contribution in [0, 0.1) is 6.92 Å². The van der Waals surface area contributed by atoms with Crippen LogP contribution in [0.3, 0.4) is 0 Å². The number of rotatable bonds is 2. The van der Waals surface area contributed by atoms with E-state index < -0.39 is 5.38 Å². The van der Waals surface area contributed by atoms with E-state index in [1.165, 1.54) is 16.9 Å². The molecule has 5 heteroatoms. The van der Waals surface area contributed by atoms with E-state index in [1.54, 1.807) is 6.92 Å². The van der Waals surface area contributed by atoms with Gasteiger partial charge < -0.3 is 5.32 Å². The summed E-state index contributed by atoms with van der Waals surface area (Å²) in [6.07, 6.45) is 0. The second-order valence-corrected chi connectivity index (χ2v) is 5.28. The average Bonchev–Trinajstić information content (AvgIpc) is 2.58. The maximum absolute atomic E-state index is 11.4. The van der Waals surface area contributed by atoms with E-state index in [1.807, 2.05) is 25.1 Å². The number of aryl methyl sites for hydroxylation is 1. The number of fused-ring (bicyclic) bond motifs is 1. The van der Waals surface area contributed by atoms with Crippen LogP contribution in [0.25, 0.3) is 10.2 Å². The van der Waals surface area contributed by atoms with Gasteiger partial charge in [-0.1, -0.05) is 17.4 Å². The molecule has 0 radical (unpaired) electrons. The lowest BCUT2D eigenvalue weighted by atomic mass is 10.2. The lowest BCUT2D eigenvalue weighted by Crippen LogP contribution is -2.19. The number of thiazole rings is 1. The molecule has 1 aromatic carbocycles. The van der Waals surface area contributed by atoms with Crippen LogP contribution < -0.4 is 5.32 Å². The van der Waals surface area contributed by atoms with E-state index in [0.29, 0.717) is 5.13 Å². The molecule has 0 saturated carbocycles. The molecule has 0 saturated heterocycles. The number of aromatic nitrogens is 1. The van der Waals surface area contributed by atoms with Crippen molar-refractivity contribution in [3.63, 3.8) is 0 Å². The third-order valence-electron chi connectivity index (χ3n) is 2.14. The Hall–Kier alpha value is -1.13. The first-order valence-electron chi connectivity index (χ1n) is 4.88. The van der Waals surface area contributed by atoms with Gasteiger partial charge in [-0.05, 0) is 31.5 Å². The molecule has 0 aliphatic rings. The minimum atomic E-state index is -0.547. The molecule has 2 rings (SSSR count). The summed E-state index contributed by atoms with van der Waals surface area (Å²) in [6, 6.07) is 5.99. The molecule has 1 N–H and O–H groups in total. The van der Waals surface area contributed by atoms with Crippen molar-refractivity contribution in [3.05, 3.63) is 23.8 Å². The number of amides is 1. The lowest BCUT2D eigenvalue weighted by molar-refractivity contribution is -0.115. The van der Waals surface area contributed by atoms with E-state index in [-0.39, 0.29) is 5.91 Å². The molecule has 0 unspecified atom stereocenters. The Balaban J connectivity index is 2.29. The van der Waals surface area contributed by atoms with Gasteiger partial charge in [-0.3, -0.25) is 4.79 Å². The van der Waals surface area contributed by atoms with Gasteiger partial charge in [0.15, 0.2) is 5.13 Å². The van der Waals surface area contributed by atoms with Crippen LogP contribution in [-0.2, 0) is 4.79 Å². The summed E-state index contributed by atoms with van der Waals surface area (Å²) in [5.41, 5.74) is 2.08. The number of benzene rings is 1. The largest absolute Gasteiger partial charge is 0.301 e. The minimum absolute atomic E-state index is 0.225. The zero-order chi connectivity index (χ0) is 11.7. The fraction of sp³-hybridized carbons (Fsp3) is 0.273. The summed E-state index contributed by atoms with van der Waals surface area (Å²) < 4.78 is 1.07. The number of nitrogens with one attached hydrogen (secondary N) is 1. The number of hydrogen-bond donors (Lipinski definition) is 1. The lowest BCUT2D eigenvalue weighted by Gasteiger charge is -2.01. The van der Waals surface area contributed by atoms with Gasteiger partial charge in [0, 0.05) is 0 Å². The first-order valence-corrected chi connectivity index (χ1v) is 6.13. The Morgan fingerprint density at radius 3 is 3.00 bits per heavy atom. The molecule has 1 heterocycles. The molecule has 1 atom stereocenters. The van der Waals surface area contributed by atoms with Gasteiger partial charge in [0.2, 0.25) is 5.91 Å². The van der Waals surface area contributed by atoms with Gasteiger partial charge in [0.05, 0.1) is 10.2 Å². The molecule has 2 aromatic rings. The number of alkyl halides is 1. The number of hydrogen-bond acceptors (Lipinski definition) is 3. The average molecular weight is 255 g/mol. The highest BCUT2D eigenvalue weighted by Gasteiger charge is 2.11. The van der Waals surface area contributed by atoms with Crippen molar-refractivity contribution >= 4 is 44.2 Å². The van der Waals surface area contributed by atoms with Crippen LogP contribution in [0.4, 0.5) is 5.13 Å². The third kappa shape index (κ3) is 2.33. The van der Waals surface area contributed by atoms with E-state index in [0.717, 1.165) is 10.2 Å². The Morgan fingerprint density at radius 1 is 1.56 bits per heavy atom. The second kappa shape index (κ2) is 4.39. The topological polar surface area (TPSA) is 42.0 Å². The molecule has 16 heavy (non-hydrogen) atoms. The predicted octanol–water partition coefficient (Wildman–Crippen LogP) is 3.17. The fourth-order valence-electron chi connectivity index (χ4n) is 1.29. The number of carbonyl (C=O) groups is 1. The van der Waals surface area contributed by atoms with Gasteiger partial charge in [-0.15, -0.1) is 11.6 Å². The first-order chi connectivity index (χ1) is 7.56. The second-order valence-electron chi connectivity index (χ2n) is 3.60. The predicted molar refractivity (Wildman–Crippen MR) is 68.3 cm³/mol. The number of carbonyl (C=O) groups excluding carboxylic acids is 1. The van der Waals surface area contributed by atoms with Gasteiger partial charge >= 0.3 is 0 Å². The van der Waals surface area contributed by atoms with Crippen molar-refractivity contribution in [1.82, 2.24) is 4.98 Å². The van der Waals surface area contributed by atoms with E-state index >= 15 is 0 Å². The molecule has 0 aliphatic carbocycles. The molecular formula is C11H11ClN2OS. The summed E-state index contributed by atoms with van der Waals surface area (Å²) in [5, 5.41) is 2.73. The van der Waals surface area contributed by atoms with Crippen LogP contribution in [0.15, 0.2) is 18.2 Å². The van der Waals surface area contributed by atoms with Crippen molar-refractivity contribution in [2.24, 2.45) is 0 Å². The summed E-state index contributed by atoms with van der Waals surface area (Å²) in [6.45, 7) is 3.66. The number of halogens is 1. The van der Waals surface area contributed by atoms with Crippen LogP contribution in [0.1, 0.15) is 12.5 Å². The maximum atomic E-state index is 11.4. The number of nitrogens with zero attached hydrogens (tertiary/aromatic N) is 1. The first kappa shape index (κ1) is 11.4. The van der Waals surface area contributed by atoms with Gasteiger partial charge in [0.1, 0.15) is 5.38 Å². The highest BCUT2D eigenvalue weighted by atomic mass is 35.5. The Bertz CT molecular complexity index is 536. The molecule has 1 aromatic heterocycles. The van der Waals surface area contributed by atoms with Crippen molar-refractivity contribution < 1.29 is 4.79 Å². The summed E-state index contributed by atoms with van der Waals surface area (Å²) in [4.78, 5) is 15.7. The molecule has 0 spiro atoms. The van der Waals surface area contributed by atoms with Crippen molar-refractivity contribution in [1.29, 1.82) is 0 Å². The van der Waals surface area contributed by atoms with Crippen LogP contribution >= 0.6 is 22.9 Å². The van der Waals surface area contributed by atoms with E-state index in [4.69, 9.17) is 11.6 Å². The SMILES string of the molecule is Cc1ccc2nc(NC(=O)[C@H](C)Cl)sc2c1. The Labute approximate surface area is 102 Å². The minimum Gasteiger partial charge on any atom is -0.301 e. The monoisotopic (exact) mass is 254 g/mol. The molecule has 0 fully saturated rings. The maximum Gasteiger partial charge on any atom is 0.243 e. The van der Waals surface area contributed by atoms with Crippen LogP contribution in [-0.4, -0.2) is 16.3 Å². The fourth-order valence-corrected chi connectivity index (χ4v) is 2.31. The number of anilines is 1. The Morgan fingerprint density at radius 2 is 2.31 bits per heavy atom. The molecule has 0 aliphatic heterocycles. The highest BCUT2D eigenvalue weighted by molar-refractivity contribution is 7.22. The third-order valence-corrected chi connectivity index (χ3v) is 3.27. The normalized spacial score (nSPS) is 12.7. The van der Waals surface area contributed by atoms with E-state index in [9.17, 15) is 4.79 Å². The smallest absolute Gasteiger partial charge is 0.243 e.